The number of carbonyl (C=O) groups excluding carboxylic acids is 1. The van der Waals surface area contributed by atoms with E-state index in [1.807, 2.05) is 0 Å². The summed E-state index contributed by atoms with van der Waals surface area (Å²) in [6.07, 6.45) is 1.36. The van der Waals surface area contributed by atoms with Gasteiger partial charge in [0.2, 0.25) is 0 Å². The van der Waals surface area contributed by atoms with E-state index in [0.717, 1.165) is 5.69 Å². The van der Waals surface area contributed by atoms with E-state index in [1.54, 1.807) is 26.0 Å². The molecule has 0 bridgehead atoms. The minimum atomic E-state index is -0.351. The number of aromatic nitrogens is 1. The Labute approximate surface area is 83.1 Å². The normalized spacial score (nSPS) is 10.3. The molecule has 0 aliphatic rings. The van der Waals surface area contributed by atoms with Crippen LogP contribution in [0.3, 0.4) is 0 Å². The lowest BCUT2D eigenvalue weighted by molar-refractivity contribution is 0.0377. The molecule has 0 unspecified atom stereocenters. The van der Waals surface area contributed by atoms with E-state index in [-0.39, 0.29) is 12.1 Å². The Kier molecular flexibility index (Phi) is 3.59. The first-order valence-electron chi connectivity index (χ1n) is 4.49. The van der Waals surface area contributed by atoms with E-state index >= 15 is 0 Å². The van der Waals surface area contributed by atoms with Gasteiger partial charge >= 0.3 is 5.97 Å². The molecule has 0 aromatic carbocycles. The summed E-state index contributed by atoms with van der Waals surface area (Å²) in [6.45, 7) is 3.98. The highest BCUT2D eigenvalue weighted by Crippen LogP contribution is 2.03. The van der Waals surface area contributed by atoms with Crippen LogP contribution >= 0.6 is 0 Å². The molecule has 4 heteroatoms. The fourth-order valence-corrected chi connectivity index (χ4v) is 0.948. The predicted molar refractivity (Wildman–Crippen MR) is 52.7 cm³/mol. The molecule has 2 N–H and O–H groups in total. The standard InChI is InChI=1S/C10H14N2O2/c1-7(2)14-10(13)8-3-4-9(5-11)12-6-8/h3-4,6-7H,5,11H2,1-2H3. The predicted octanol–water partition coefficient (Wildman–Crippen LogP) is 1.11. The van der Waals surface area contributed by atoms with Gasteiger partial charge in [0.05, 0.1) is 17.4 Å². The van der Waals surface area contributed by atoms with Crippen LogP contribution in [0.15, 0.2) is 18.3 Å². The number of nitrogens with zero attached hydrogens (tertiary/aromatic N) is 1. The number of pyridine rings is 1. The molecule has 0 fully saturated rings. The third-order valence-electron chi connectivity index (χ3n) is 1.61. The van der Waals surface area contributed by atoms with Crippen LogP contribution in [-0.4, -0.2) is 17.1 Å². The van der Waals surface area contributed by atoms with Gasteiger partial charge in [-0.25, -0.2) is 4.79 Å². The highest BCUT2D eigenvalue weighted by Gasteiger charge is 2.08. The Morgan fingerprint density at radius 3 is 2.71 bits per heavy atom. The zero-order chi connectivity index (χ0) is 10.6. The maximum atomic E-state index is 11.4. The second kappa shape index (κ2) is 4.72. The van der Waals surface area contributed by atoms with Crippen molar-refractivity contribution in [3.8, 4) is 0 Å². The zero-order valence-corrected chi connectivity index (χ0v) is 8.36. The first kappa shape index (κ1) is 10.7. The summed E-state index contributed by atoms with van der Waals surface area (Å²) in [7, 11) is 0. The Hall–Kier alpha value is -1.42. The number of hydrogen-bond acceptors (Lipinski definition) is 4. The molecule has 0 atom stereocenters. The zero-order valence-electron chi connectivity index (χ0n) is 8.36. The highest BCUT2D eigenvalue weighted by atomic mass is 16.5. The van der Waals surface area contributed by atoms with Crippen LogP contribution in [0.1, 0.15) is 29.9 Å². The van der Waals surface area contributed by atoms with Crippen LogP contribution in [0, 0.1) is 0 Å². The van der Waals surface area contributed by atoms with Gasteiger partial charge in [-0.3, -0.25) is 4.98 Å². The largest absolute Gasteiger partial charge is 0.459 e. The monoisotopic (exact) mass is 194 g/mol. The maximum Gasteiger partial charge on any atom is 0.339 e. The van der Waals surface area contributed by atoms with Crippen molar-refractivity contribution in [2.45, 2.75) is 26.5 Å². The van der Waals surface area contributed by atoms with Gasteiger partial charge in [-0.1, -0.05) is 0 Å². The summed E-state index contributed by atoms with van der Waals surface area (Å²) in [5, 5.41) is 0. The lowest BCUT2D eigenvalue weighted by atomic mass is 10.2. The van der Waals surface area contributed by atoms with E-state index in [9.17, 15) is 4.79 Å². The van der Waals surface area contributed by atoms with Crippen LogP contribution < -0.4 is 5.73 Å². The third-order valence-corrected chi connectivity index (χ3v) is 1.61. The summed E-state index contributed by atoms with van der Waals surface area (Å²) in [6, 6.07) is 3.39. The van der Waals surface area contributed by atoms with Gasteiger partial charge in [0.25, 0.3) is 0 Å². The number of rotatable bonds is 3. The van der Waals surface area contributed by atoms with Gasteiger partial charge in [-0.05, 0) is 26.0 Å². The summed E-state index contributed by atoms with van der Waals surface area (Å²) >= 11 is 0. The first-order chi connectivity index (χ1) is 6.63. The van der Waals surface area contributed by atoms with Crippen molar-refractivity contribution in [2.24, 2.45) is 5.73 Å². The molecule has 0 spiro atoms. The van der Waals surface area contributed by atoms with Gasteiger partial charge in [0, 0.05) is 12.7 Å². The Bertz CT molecular complexity index is 306. The highest BCUT2D eigenvalue weighted by molar-refractivity contribution is 5.89. The summed E-state index contributed by atoms with van der Waals surface area (Å²) in [4.78, 5) is 15.4. The van der Waals surface area contributed by atoms with Crippen molar-refractivity contribution < 1.29 is 9.53 Å². The quantitative estimate of drug-likeness (QED) is 0.732. The fraction of sp³-hybridized carbons (Fsp3) is 0.400. The summed E-state index contributed by atoms with van der Waals surface area (Å²) in [5.74, 6) is -0.351. The number of nitrogens with two attached hydrogens (primary N) is 1. The van der Waals surface area contributed by atoms with Crippen molar-refractivity contribution in [3.63, 3.8) is 0 Å². The van der Waals surface area contributed by atoms with Crippen LogP contribution in [0.25, 0.3) is 0 Å². The van der Waals surface area contributed by atoms with Crippen molar-refractivity contribution in [1.82, 2.24) is 4.98 Å². The molecule has 14 heavy (non-hydrogen) atoms. The molecular weight excluding hydrogens is 180 g/mol. The summed E-state index contributed by atoms with van der Waals surface area (Å²) in [5.41, 5.74) is 6.59. The second-order valence-corrected chi connectivity index (χ2v) is 3.20. The van der Waals surface area contributed by atoms with Crippen molar-refractivity contribution in [1.29, 1.82) is 0 Å². The molecule has 0 saturated heterocycles. The Morgan fingerprint density at radius 2 is 2.29 bits per heavy atom. The molecule has 0 aliphatic carbocycles. The van der Waals surface area contributed by atoms with Gasteiger partial charge in [0.1, 0.15) is 0 Å². The Balaban J connectivity index is 2.71. The lowest BCUT2D eigenvalue weighted by Crippen LogP contribution is -2.12. The SMILES string of the molecule is CC(C)OC(=O)c1ccc(CN)nc1. The molecule has 1 aromatic heterocycles. The van der Waals surface area contributed by atoms with E-state index in [0.29, 0.717) is 12.1 Å². The maximum absolute atomic E-state index is 11.4. The van der Waals surface area contributed by atoms with Crippen molar-refractivity contribution in [2.75, 3.05) is 0 Å². The molecule has 1 rings (SSSR count). The van der Waals surface area contributed by atoms with Crippen molar-refractivity contribution >= 4 is 5.97 Å². The van der Waals surface area contributed by atoms with E-state index in [4.69, 9.17) is 10.5 Å². The molecule has 4 nitrogen and oxygen atoms in total. The minimum absolute atomic E-state index is 0.114. The molecule has 0 radical (unpaired) electrons. The minimum Gasteiger partial charge on any atom is -0.459 e. The van der Waals surface area contributed by atoms with E-state index in [2.05, 4.69) is 4.98 Å². The lowest BCUT2D eigenvalue weighted by Gasteiger charge is -2.07. The fourth-order valence-electron chi connectivity index (χ4n) is 0.948. The van der Waals surface area contributed by atoms with Gasteiger partial charge in [-0.15, -0.1) is 0 Å². The van der Waals surface area contributed by atoms with Crippen LogP contribution in [0.5, 0.6) is 0 Å². The number of hydrogen-bond donors (Lipinski definition) is 1. The Morgan fingerprint density at radius 1 is 1.57 bits per heavy atom. The van der Waals surface area contributed by atoms with Gasteiger partial charge in [0.15, 0.2) is 0 Å². The van der Waals surface area contributed by atoms with Crippen LogP contribution in [0.2, 0.25) is 0 Å². The number of ether oxygens (including phenoxy) is 1. The van der Waals surface area contributed by atoms with E-state index in [1.165, 1.54) is 6.20 Å². The molecule has 1 aromatic rings. The van der Waals surface area contributed by atoms with Gasteiger partial charge < -0.3 is 10.5 Å². The molecule has 1 heterocycles. The average Bonchev–Trinajstić information content (AvgIpc) is 2.17. The second-order valence-electron chi connectivity index (χ2n) is 3.20. The van der Waals surface area contributed by atoms with Crippen molar-refractivity contribution in [3.05, 3.63) is 29.6 Å². The van der Waals surface area contributed by atoms with Gasteiger partial charge in [-0.2, -0.15) is 0 Å². The smallest absolute Gasteiger partial charge is 0.339 e. The third kappa shape index (κ3) is 2.81. The molecule has 0 saturated carbocycles. The molecule has 76 valence electrons. The number of esters is 1. The number of carbonyl (C=O) groups is 1. The average molecular weight is 194 g/mol. The van der Waals surface area contributed by atoms with Crippen LogP contribution in [-0.2, 0) is 11.3 Å². The first-order valence-corrected chi connectivity index (χ1v) is 4.49. The summed E-state index contributed by atoms with van der Waals surface area (Å²) < 4.78 is 5.00. The topological polar surface area (TPSA) is 65.2 Å². The van der Waals surface area contributed by atoms with E-state index < -0.39 is 0 Å². The molecule has 0 aliphatic heterocycles. The van der Waals surface area contributed by atoms with Crippen LogP contribution in [0.4, 0.5) is 0 Å². The molecule has 0 amide bonds. The molecular formula is C10H14N2O2.